The molecule has 0 aromatic rings. The number of carbonyl (C=O) groups excluding carboxylic acids is 3. The molecule has 0 aliphatic rings. The second-order valence-electron chi connectivity index (χ2n) is 20.6. The molecule has 0 fully saturated rings. The van der Waals surface area contributed by atoms with Gasteiger partial charge in [0.2, 0.25) is 0 Å². The molecular formula is C56H109NO8. The van der Waals surface area contributed by atoms with E-state index in [0.717, 1.165) is 38.5 Å². The number of aliphatic carboxylic acids is 1. The molecular weight excluding hydrogens is 815 g/mol. The van der Waals surface area contributed by atoms with Gasteiger partial charge in [0, 0.05) is 12.8 Å². The van der Waals surface area contributed by atoms with Crippen LogP contribution in [0.25, 0.3) is 0 Å². The van der Waals surface area contributed by atoms with Crippen LogP contribution in [0.1, 0.15) is 284 Å². The second kappa shape index (κ2) is 48.7. The SMILES string of the molecule is CCCCCCCCCCCCCCCCCCCCCCCCC(=O)OC(COC(=O)CCCCCCCCCCCCCCCCCCCC)COC(OCC[N+](C)(C)C)C(=O)[O-]. The number of hydrogen-bond donors (Lipinski definition) is 0. The van der Waals surface area contributed by atoms with Crippen LogP contribution in [0.2, 0.25) is 0 Å². The molecule has 0 aromatic carbocycles. The van der Waals surface area contributed by atoms with E-state index in [1.165, 1.54) is 218 Å². The van der Waals surface area contributed by atoms with Crippen molar-refractivity contribution in [2.24, 2.45) is 0 Å². The Morgan fingerprint density at radius 1 is 0.400 bits per heavy atom. The van der Waals surface area contributed by atoms with Gasteiger partial charge < -0.3 is 33.3 Å². The first kappa shape index (κ1) is 63.3. The molecule has 0 rings (SSSR count). The van der Waals surface area contributed by atoms with Crippen molar-refractivity contribution >= 4 is 17.9 Å². The summed E-state index contributed by atoms with van der Waals surface area (Å²) in [5.41, 5.74) is 0. The van der Waals surface area contributed by atoms with E-state index in [4.69, 9.17) is 18.9 Å². The maximum Gasteiger partial charge on any atom is 0.306 e. The highest BCUT2D eigenvalue weighted by atomic mass is 16.7. The fraction of sp³-hybridized carbons (Fsp3) is 0.946. The highest BCUT2D eigenvalue weighted by Crippen LogP contribution is 2.18. The number of carboxylic acid groups (broad SMARTS) is 1. The topological polar surface area (TPSA) is 111 Å². The standard InChI is InChI=1S/C56H109NO8/c1-6-8-10-12-14-16-18-20-22-24-26-27-28-29-31-33-35-37-39-41-43-45-47-54(59)65-52(51-64-56(55(60)61)62-49-48-57(3,4)5)50-63-53(58)46-44-42-40-38-36-34-32-30-25-23-21-19-17-15-13-11-9-7-2/h52,56H,6-51H2,1-5H3. The van der Waals surface area contributed by atoms with Crippen molar-refractivity contribution < 1.29 is 42.9 Å². The molecule has 0 bridgehead atoms. The van der Waals surface area contributed by atoms with Gasteiger partial charge in [0.1, 0.15) is 13.2 Å². The van der Waals surface area contributed by atoms with Gasteiger partial charge in [0.25, 0.3) is 0 Å². The fourth-order valence-electron chi connectivity index (χ4n) is 8.48. The molecule has 0 saturated carbocycles. The van der Waals surface area contributed by atoms with E-state index in [1.807, 2.05) is 21.1 Å². The summed E-state index contributed by atoms with van der Waals surface area (Å²) in [5.74, 6) is -2.25. The third-order valence-corrected chi connectivity index (χ3v) is 12.9. The lowest BCUT2D eigenvalue weighted by Crippen LogP contribution is -2.44. The minimum Gasteiger partial charge on any atom is -0.545 e. The van der Waals surface area contributed by atoms with Gasteiger partial charge in [0.05, 0.1) is 40.3 Å². The van der Waals surface area contributed by atoms with Gasteiger partial charge in [-0.1, -0.05) is 258 Å². The number of quaternary nitrogens is 1. The number of nitrogens with zero attached hydrogens (tertiary/aromatic N) is 1. The van der Waals surface area contributed by atoms with E-state index >= 15 is 0 Å². The number of esters is 2. The van der Waals surface area contributed by atoms with E-state index in [-0.39, 0.29) is 32.2 Å². The van der Waals surface area contributed by atoms with Crippen molar-refractivity contribution in [2.75, 3.05) is 47.5 Å². The summed E-state index contributed by atoms with van der Waals surface area (Å²) < 4.78 is 22.7. The van der Waals surface area contributed by atoms with Gasteiger partial charge in [-0.3, -0.25) is 9.59 Å². The zero-order valence-corrected chi connectivity index (χ0v) is 43.9. The number of likely N-dealkylation sites (N-methyl/N-ethyl adjacent to an activating group) is 1. The van der Waals surface area contributed by atoms with Crippen LogP contribution < -0.4 is 5.11 Å². The van der Waals surface area contributed by atoms with Crippen LogP contribution in [-0.2, 0) is 33.3 Å². The molecule has 9 nitrogen and oxygen atoms in total. The summed E-state index contributed by atoms with van der Waals surface area (Å²) in [5, 5.41) is 11.8. The molecule has 0 amide bonds. The number of unbranched alkanes of at least 4 members (excludes halogenated alkanes) is 38. The van der Waals surface area contributed by atoms with Crippen LogP contribution in [0.3, 0.4) is 0 Å². The quantitative estimate of drug-likeness (QED) is 0.0257. The molecule has 386 valence electrons. The van der Waals surface area contributed by atoms with Crippen molar-refractivity contribution in [3.8, 4) is 0 Å². The third-order valence-electron chi connectivity index (χ3n) is 12.9. The first-order valence-electron chi connectivity index (χ1n) is 28.2. The third kappa shape index (κ3) is 50.0. The fourth-order valence-corrected chi connectivity index (χ4v) is 8.48. The first-order valence-corrected chi connectivity index (χ1v) is 28.2. The van der Waals surface area contributed by atoms with Gasteiger partial charge in [-0.2, -0.15) is 0 Å². The number of hydrogen-bond acceptors (Lipinski definition) is 8. The number of carboxylic acids is 1. The Labute approximate surface area is 403 Å². The van der Waals surface area contributed by atoms with Gasteiger partial charge in [-0.25, -0.2) is 0 Å². The first-order chi connectivity index (χ1) is 31.6. The molecule has 0 heterocycles. The average Bonchev–Trinajstić information content (AvgIpc) is 3.27. The zero-order valence-electron chi connectivity index (χ0n) is 43.9. The summed E-state index contributed by atoms with van der Waals surface area (Å²) in [4.78, 5) is 37.2. The highest BCUT2D eigenvalue weighted by molar-refractivity contribution is 5.70. The highest BCUT2D eigenvalue weighted by Gasteiger charge is 2.22. The minimum absolute atomic E-state index is 0.153. The van der Waals surface area contributed by atoms with E-state index in [9.17, 15) is 19.5 Å². The molecule has 0 radical (unpaired) electrons. The predicted molar refractivity (Wildman–Crippen MR) is 270 cm³/mol. The number of ether oxygens (including phenoxy) is 4. The Morgan fingerprint density at radius 2 is 0.692 bits per heavy atom. The molecule has 0 aliphatic carbocycles. The Morgan fingerprint density at radius 3 is 0.985 bits per heavy atom. The lowest BCUT2D eigenvalue weighted by Gasteiger charge is -2.26. The molecule has 9 heteroatoms. The molecule has 0 aliphatic heterocycles. The van der Waals surface area contributed by atoms with Crippen LogP contribution in [0.15, 0.2) is 0 Å². The van der Waals surface area contributed by atoms with Gasteiger partial charge in [-0.15, -0.1) is 0 Å². The summed E-state index contributed by atoms with van der Waals surface area (Å²) in [6.45, 7) is 4.81. The van der Waals surface area contributed by atoms with Crippen molar-refractivity contribution in [2.45, 2.75) is 296 Å². The van der Waals surface area contributed by atoms with Crippen LogP contribution in [-0.4, -0.2) is 82.3 Å². The maximum atomic E-state index is 12.8. The second-order valence-corrected chi connectivity index (χ2v) is 20.6. The predicted octanol–water partition coefficient (Wildman–Crippen LogP) is 14.7. The summed E-state index contributed by atoms with van der Waals surface area (Å²) in [7, 11) is 5.93. The Bertz CT molecular complexity index is 1030. The van der Waals surface area contributed by atoms with Gasteiger partial charge in [0.15, 0.2) is 12.4 Å². The molecule has 0 spiro atoms. The summed E-state index contributed by atoms with van der Waals surface area (Å²) >= 11 is 0. The largest absolute Gasteiger partial charge is 0.545 e. The van der Waals surface area contributed by atoms with Crippen molar-refractivity contribution in [1.29, 1.82) is 0 Å². The average molecular weight is 924 g/mol. The zero-order chi connectivity index (χ0) is 47.7. The van der Waals surface area contributed by atoms with E-state index in [1.54, 1.807) is 0 Å². The smallest absolute Gasteiger partial charge is 0.306 e. The van der Waals surface area contributed by atoms with Crippen LogP contribution in [0.4, 0.5) is 0 Å². The molecule has 2 unspecified atom stereocenters. The normalized spacial score (nSPS) is 12.7. The van der Waals surface area contributed by atoms with E-state index in [0.29, 0.717) is 17.4 Å². The van der Waals surface area contributed by atoms with E-state index < -0.39 is 24.3 Å². The van der Waals surface area contributed by atoms with Crippen LogP contribution in [0, 0.1) is 0 Å². The van der Waals surface area contributed by atoms with E-state index in [2.05, 4.69) is 13.8 Å². The monoisotopic (exact) mass is 924 g/mol. The molecule has 65 heavy (non-hydrogen) atoms. The molecule has 2 atom stereocenters. The number of carbonyl (C=O) groups is 3. The van der Waals surface area contributed by atoms with Gasteiger partial charge >= 0.3 is 11.9 Å². The molecule has 0 aromatic heterocycles. The van der Waals surface area contributed by atoms with Crippen molar-refractivity contribution in [1.82, 2.24) is 0 Å². The lowest BCUT2D eigenvalue weighted by atomic mass is 10.0. The van der Waals surface area contributed by atoms with Crippen molar-refractivity contribution in [3.05, 3.63) is 0 Å². The minimum atomic E-state index is -1.61. The summed E-state index contributed by atoms with van der Waals surface area (Å²) in [6, 6.07) is 0. The molecule has 0 N–H and O–H groups in total. The van der Waals surface area contributed by atoms with Gasteiger partial charge in [-0.05, 0) is 12.8 Å². The number of rotatable bonds is 53. The van der Waals surface area contributed by atoms with Crippen molar-refractivity contribution in [3.63, 3.8) is 0 Å². The Hall–Kier alpha value is -1.71. The summed E-state index contributed by atoms with van der Waals surface area (Å²) in [6.07, 6.45) is 50.0. The maximum absolute atomic E-state index is 12.8. The van der Waals surface area contributed by atoms with Crippen LogP contribution in [0.5, 0.6) is 0 Å². The molecule has 0 saturated heterocycles. The Balaban J connectivity index is 4.21. The lowest BCUT2D eigenvalue weighted by molar-refractivity contribution is -0.870. The van der Waals surface area contributed by atoms with Crippen LogP contribution >= 0.6 is 0 Å². The Kier molecular flexibility index (Phi) is 47.5.